The van der Waals surface area contributed by atoms with E-state index in [0.717, 1.165) is 12.0 Å². The van der Waals surface area contributed by atoms with E-state index in [9.17, 15) is 19.5 Å². The van der Waals surface area contributed by atoms with Gasteiger partial charge >= 0.3 is 6.09 Å². The van der Waals surface area contributed by atoms with Crippen LogP contribution in [0.5, 0.6) is 0 Å². The zero-order valence-corrected chi connectivity index (χ0v) is 14.6. The fraction of sp³-hybridized carbons (Fsp3) is 0.526. The van der Waals surface area contributed by atoms with Crippen LogP contribution >= 0.6 is 0 Å². The van der Waals surface area contributed by atoms with Gasteiger partial charge in [0.15, 0.2) is 5.78 Å². The van der Waals surface area contributed by atoms with Crippen LogP contribution in [0.25, 0.3) is 0 Å². The summed E-state index contributed by atoms with van der Waals surface area (Å²) in [5, 5.41) is 12.4. The van der Waals surface area contributed by atoms with Crippen LogP contribution in [-0.2, 0) is 20.9 Å². The van der Waals surface area contributed by atoms with Crippen LogP contribution in [0, 0.1) is 11.8 Å². The number of nitrogens with one attached hydrogen (secondary N) is 1. The van der Waals surface area contributed by atoms with Crippen LogP contribution in [0.4, 0.5) is 4.79 Å². The second-order valence-electron chi connectivity index (χ2n) is 6.58. The molecule has 0 spiro atoms. The summed E-state index contributed by atoms with van der Waals surface area (Å²) < 4.78 is 5.12. The number of aliphatic hydroxyl groups is 1. The quantitative estimate of drug-likeness (QED) is 0.789. The summed E-state index contributed by atoms with van der Waals surface area (Å²) >= 11 is 0. The van der Waals surface area contributed by atoms with Crippen molar-refractivity contribution in [2.75, 3.05) is 0 Å². The van der Waals surface area contributed by atoms with Crippen molar-refractivity contribution in [2.24, 2.45) is 11.8 Å². The maximum Gasteiger partial charge on any atom is 0.408 e. The van der Waals surface area contributed by atoms with Gasteiger partial charge in [-0.3, -0.25) is 9.59 Å². The molecule has 2 rings (SSSR count). The van der Waals surface area contributed by atoms with Crippen LogP contribution in [0.2, 0.25) is 0 Å². The lowest BCUT2D eigenvalue weighted by Gasteiger charge is -2.25. The van der Waals surface area contributed by atoms with E-state index in [2.05, 4.69) is 5.32 Å². The first-order valence-corrected chi connectivity index (χ1v) is 8.59. The third-order valence-corrected chi connectivity index (χ3v) is 4.68. The Morgan fingerprint density at radius 2 is 1.84 bits per heavy atom. The molecule has 6 heteroatoms. The molecule has 0 aromatic heterocycles. The number of carbonyl (C=O) groups is 3. The third-order valence-electron chi connectivity index (χ3n) is 4.68. The number of rotatable bonds is 7. The topological polar surface area (TPSA) is 92.7 Å². The normalized spacial score (nSPS) is 22.0. The summed E-state index contributed by atoms with van der Waals surface area (Å²) in [6.45, 7) is 3.00. The van der Waals surface area contributed by atoms with Gasteiger partial charge in [-0.1, -0.05) is 36.8 Å². The number of benzene rings is 1. The van der Waals surface area contributed by atoms with Gasteiger partial charge in [-0.2, -0.15) is 0 Å². The highest BCUT2D eigenvalue weighted by Crippen LogP contribution is 2.34. The first-order chi connectivity index (χ1) is 11.9. The molecule has 0 saturated heterocycles. The summed E-state index contributed by atoms with van der Waals surface area (Å²) in [6, 6.07) is 8.09. The van der Waals surface area contributed by atoms with Crippen molar-refractivity contribution in [1.82, 2.24) is 5.32 Å². The fourth-order valence-corrected chi connectivity index (χ4v) is 3.34. The molecular weight excluding hydrogens is 322 g/mol. The van der Waals surface area contributed by atoms with Gasteiger partial charge in [0, 0.05) is 11.8 Å². The molecule has 136 valence electrons. The molecular formula is C19H25NO5. The van der Waals surface area contributed by atoms with E-state index in [1.807, 2.05) is 30.3 Å². The molecule has 25 heavy (non-hydrogen) atoms. The summed E-state index contributed by atoms with van der Waals surface area (Å²) in [6.07, 6.45) is 0.250. The highest BCUT2D eigenvalue weighted by molar-refractivity contribution is 5.94. The minimum absolute atomic E-state index is 0.0214. The molecule has 4 unspecified atom stereocenters. The van der Waals surface area contributed by atoms with Crippen molar-refractivity contribution in [3.05, 3.63) is 35.9 Å². The average Bonchev–Trinajstić information content (AvgIpc) is 3.08. The Kier molecular flexibility index (Phi) is 6.70. The van der Waals surface area contributed by atoms with Crippen molar-refractivity contribution in [3.8, 4) is 0 Å². The molecule has 2 N–H and O–H groups in total. The lowest BCUT2D eigenvalue weighted by Crippen LogP contribution is -2.50. The number of hydrogen-bond acceptors (Lipinski definition) is 5. The van der Waals surface area contributed by atoms with Gasteiger partial charge < -0.3 is 15.2 Å². The number of ether oxygens (including phenoxy) is 1. The van der Waals surface area contributed by atoms with Gasteiger partial charge in [-0.15, -0.1) is 0 Å². The molecule has 1 aliphatic carbocycles. The molecule has 1 amide bonds. The number of hydrogen-bond donors (Lipinski definition) is 2. The van der Waals surface area contributed by atoms with Gasteiger partial charge in [0.25, 0.3) is 0 Å². The molecule has 1 saturated carbocycles. The lowest BCUT2D eigenvalue weighted by atomic mass is 9.85. The van der Waals surface area contributed by atoms with E-state index in [1.54, 1.807) is 0 Å². The first kappa shape index (κ1) is 19.1. The average molecular weight is 347 g/mol. The number of amides is 1. The van der Waals surface area contributed by atoms with Crippen molar-refractivity contribution >= 4 is 17.7 Å². The minimum Gasteiger partial charge on any atom is -0.445 e. The predicted octanol–water partition coefficient (Wildman–Crippen LogP) is 2.24. The molecule has 1 aliphatic rings. The summed E-state index contributed by atoms with van der Waals surface area (Å²) in [5.41, 5.74) is 0.824. The molecule has 1 fully saturated rings. The Bertz CT molecular complexity index is 614. The molecule has 0 heterocycles. The molecule has 4 atom stereocenters. The van der Waals surface area contributed by atoms with E-state index >= 15 is 0 Å². The molecule has 0 radical (unpaired) electrons. The predicted molar refractivity (Wildman–Crippen MR) is 91.8 cm³/mol. The Morgan fingerprint density at radius 1 is 1.20 bits per heavy atom. The van der Waals surface area contributed by atoms with Crippen LogP contribution in [0.3, 0.4) is 0 Å². The highest BCUT2D eigenvalue weighted by atomic mass is 16.5. The lowest BCUT2D eigenvalue weighted by molar-refractivity contribution is -0.133. The summed E-state index contributed by atoms with van der Waals surface area (Å²) in [4.78, 5) is 36.4. The van der Waals surface area contributed by atoms with Crippen LogP contribution < -0.4 is 5.32 Å². The first-order valence-electron chi connectivity index (χ1n) is 8.59. The van der Waals surface area contributed by atoms with Crippen molar-refractivity contribution in [1.29, 1.82) is 0 Å². The monoisotopic (exact) mass is 347 g/mol. The number of aliphatic hydroxyl groups excluding tert-OH is 1. The number of ketones is 2. The maximum atomic E-state index is 12.7. The Balaban J connectivity index is 1.96. The van der Waals surface area contributed by atoms with Crippen LogP contribution in [0.15, 0.2) is 30.3 Å². The molecule has 6 nitrogen and oxygen atoms in total. The Labute approximate surface area is 147 Å². The number of Topliss-reactive ketones (excluding diaryl/α,β-unsaturated/α-hetero) is 2. The zero-order valence-electron chi connectivity index (χ0n) is 14.6. The number of carbonyl (C=O) groups excluding carboxylic acids is 3. The second kappa shape index (κ2) is 8.76. The third kappa shape index (κ3) is 5.13. The van der Waals surface area contributed by atoms with Gasteiger partial charge in [0.05, 0.1) is 6.10 Å². The van der Waals surface area contributed by atoms with Gasteiger partial charge in [0.2, 0.25) is 0 Å². The van der Waals surface area contributed by atoms with Gasteiger partial charge in [0.1, 0.15) is 18.4 Å². The van der Waals surface area contributed by atoms with Gasteiger partial charge in [-0.05, 0) is 32.3 Å². The molecule has 1 aromatic carbocycles. The maximum absolute atomic E-state index is 12.7. The Hall–Kier alpha value is -2.21. The molecule has 0 bridgehead atoms. The van der Waals surface area contributed by atoms with Gasteiger partial charge in [-0.25, -0.2) is 4.79 Å². The zero-order chi connectivity index (χ0) is 18.4. The van der Waals surface area contributed by atoms with Crippen molar-refractivity contribution in [3.63, 3.8) is 0 Å². The highest BCUT2D eigenvalue weighted by Gasteiger charge is 2.40. The summed E-state index contributed by atoms with van der Waals surface area (Å²) in [5.74, 6) is -1.10. The molecule has 1 aromatic rings. The van der Waals surface area contributed by atoms with E-state index in [4.69, 9.17) is 4.74 Å². The van der Waals surface area contributed by atoms with E-state index in [1.165, 1.54) is 13.8 Å². The summed E-state index contributed by atoms with van der Waals surface area (Å²) in [7, 11) is 0. The van der Waals surface area contributed by atoms with E-state index in [-0.39, 0.29) is 24.1 Å². The van der Waals surface area contributed by atoms with Crippen LogP contribution in [-0.4, -0.2) is 34.9 Å². The minimum atomic E-state index is -1.08. The number of alkyl carbamates (subject to hydrolysis) is 1. The standard InChI is InChI=1S/C19H25NO5/c1-12(21)15-9-6-10-16(15)18(23)17(13(2)22)20-19(24)25-11-14-7-4-3-5-8-14/h3-5,7-8,13,15-17,22H,6,9-11H2,1-2H3,(H,20,24). The van der Waals surface area contributed by atoms with Crippen LogP contribution in [0.1, 0.15) is 38.7 Å². The van der Waals surface area contributed by atoms with Crippen molar-refractivity contribution < 1.29 is 24.2 Å². The SMILES string of the molecule is CC(=O)C1CCCC1C(=O)C(NC(=O)OCc1ccccc1)C(C)O. The smallest absolute Gasteiger partial charge is 0.408 e. The fourth-order valence-electron chi connectivity index (χ4n) is 3.34. The largest absolute Gasteiger partial charge is 0.445 e. The Morgan fingerprint density at radius 3 is 2.44 bits per heavy atom. The van der Waals surface area contributed by atoms with Crippen molar-refractivity contribution in [2.45, 2.75) is 51.9 Å². The molecule has 0 aliphatic heterocycles. The van der Waals surface area contributed by atoms with E-state index < -0.39 is 24.2 Å². The van der Waals surface area contributed by atoms with E-state index in [0.29, 0.717) is 12.8 Å². The second-order valence-corrected chi connectivity index (χ2v) is 6.58.